The molecule has 0 saturated carbocycles. The fourth-order valence-electron chi connectivity index (χ4n) is 2.67. The summed E-state index contributed by atoms with van der Waals surface area (Å²) in [5, 5.41) is 4.98. The van der Waals surface area contributed by atoms with Gasteiger partial charge in [-0.1, -0.05) is 41.4 Å². The molecule has 5 nitrogen and oxygen atoms in total. The van der Waals surface area contributed by atoms with Crippen LogP contribution in [-0.4, -0.2) is 18.2 Å². The van der Waals surface area contributed by atoms with Crippen molar-refractivity contribution >= 4 is 27.3 Å². The van der Waals surface area contributed by atoms with E-state index >= 15 is 0 Å². The summed E-state index contributed by atoms with van der Waals surface area (Å²) in [6, 6.07) is 14.2. The molecule has 0 aliphatic rings. The number of anilines is 1. The molecular formula is C19H20ClN3O2S. The van der Waals surface area contributed by atoms with E-state index in [0.717, 1.165) is 11.3 Å². The Morgan fingerprint density at radius 2 is 1.62 bits per heavy atom. The van der Waals surface area contributed by atoms with Crippen molar-refractivity contribution in [3.8, 4) is 0 Å². The number of aromatic nitrogens is 2. The molecule has 3 aromatic rings. The lowest BCUT2D eigenvalue weighted by Gasteiger charge is -2.09. The molecule has 0 amide bonds. The van der Waals surface area contributed by atoms with Gasteiger partial charge in [0, 0.05) is 5.02 Å². The molecule has 1 aromatic heterocycles. The van der Waals surface area contributed by atoms with Gasteiger partial charge in [-0.15, -0.1) is 0 Å². The lowest BCUT2D eigenvalue weighted by Crippen LogP contribution is -2.14. The Morgan fingerprint density at radius 1 is 1.00 bits per heavy atom. The first-order valence-electron chi connectivity index (χ1n) is 8.14. The van der Waals surface area contributed by atoms with Crippen molar-refractivity contribution in [1.29, 1.82) is 0 Å². The second kappa shape index (κ2) is 7.13. The van der Waals surface area contributed by atoms with Crippen LogP contribution in [0.2, 0.25) is 5.02 Å². The van der Waals surface area contributed by atoms with Crippen molar-refractivity contribution in [2.75, 3.05) is 4.72 Å². The monoisotopic (exact) mass is 389 g/mol. The Balaban J connectivity index is 1.88. The molecule has 0 spiro atoms. The third-order valence-corrected chi connectivity index (χ3v) is 5.81. The van der Waals surface area contributed by atoms with Crippen LogP contribution in [0.3, 0.4) is 0 Å². The predicted octanol–water partition coefficient (Wildman–Crippen LogP) is 4.31. The minimum atomic E-state index is -3.70. The molecule has 2 aromatic carbocycles. The van der Waals surface area contributed by atoms with Gasteiger partial charge in [-0.2, -0.15) is 5.10 Å². The van der Waals surface area contributed by atoms with Crippen molar-refractivity contribution in [3.63, 3.8) is 0 Å². The van der Waals surface area contributed by atoms with Gasteiger partial charge < -0.3 is 0 Å². The number of hydrogen-bond donors (Lipinski definition) is 1. The van der Waals surface area contributed by atoms with Crippen molar-refractivity contribution in [3.05, 3.63) is 76.1 Å². The van der Waals surface area contributed by atoms with E-state index in [0.29, 0.717) is 22.9 Å². The second-order valence-electron chi connectivity index (χ2n) is 6.25. The number of hydrogen-bond acceptors (Lipinski definition) is 3. The topological polar surface area (TPSA) is 64.0 Å². The molecule has 7 heteroatoms. The third kappa shape index (κ3) is 3.92. The summed E-state index contributed by atoms with van der Waals surface area (Å²) in [5.74, 6) is 0. The summed E-state index contributed by atoms with van der Waals surface area (Å²) in [7, 11) is -3.70. The molecule has 1 heterocycles. The van der Waals surface area contributed by atoms with Crippen LogP contribution in [0.25, 0.3) is 0 Å². The van der Waals surface area contributed by atoms with Gasteiger partial charge in [0.15, 0.2) is 0 Å². The Kier molecular flexibility index (Phi) is 5.07. The number of nitrogens with zero attached hydrogens (tertiary/aromatic N) is 2. The van der Waals surface area contributed by atoms with Gasteiger partial charge >= 0.3 is 0 Å². The van der Waals surface area contributed by atoms with Crippen LogP contribution in [0, 0.1) is 20.8 Å². The molecule has 1 N–H and O–H groups in total. The molecule has 0 radical (unpaired) electrons. The molecule has 26 heavy (non-hydrogen) atoms. The second-order valence-corrected chi connectivity index (χ2v) is 8.37. The Morgan fingerprint density at radius 3 is 2.23 bits per heavy atom. The lowest BCUT2D eigenvalue weighted by molar-refractivity contribution is 0.601. The van der Waals surface area contributed by atoms with Gasteiger partial charge in [-0.05, 0) is 50.6 Å². The quantitative estimate of drug-likeness (QED) is 0.707. The average molecular weight is 390 g/mol. The summed E-state index contributed by atoms with van der Waals surface area (Å²) in [6.45, 7) is 6.26. The smallest absolute Gasteiger partial charge is 0.262 e. The highest BCUT2D eigenvalue weighted by molar-refractivity contribution is 7.92. The first-order valence-corrected chi connectivity index (χ1v) is 10.0. The van der Waals surface area contributed by atoms with Crippen LogP contribution in [-0.2, 0) is 16.6 Å². The maximum Gasteiger partial charge on any atom is 0.262 e. The van der Waals surface area contributed by atoms with E-state index in [1.165, 1.54) is 17.7 Å². The van der Waals surface area contributed by atoms with E-state index < -0.39 is 10.0 Å². The van der Waals surface area contributed by atoms with E-state index in [9.17, 15) is 8.42 Å². The van der Waals surface area contributed by atoms with E-state index in [1.54, 1.807) is 23.7 Å². The van der Waals surface area contributed by atoms with Gasteiger partial charge in [-0.3, -0.25) is 9.40 Å². The SMILES string of the molecule is Cc1ccc(Cn2nc(C)c(NS(=O)(=O)c3ccc(Cl)cc3)c2C)cc1. The van der Waals surface area contributed by atoms with Gasteiger partial charge in [0.05, 0.1) is 28.5 Å². The first kappa shape index (κ1) is 18.5. The van der Waals surface area contributed by atoms with Gasteiger partial charge in [0.25, 0.3) is 10.0 Å². The Labute approximate surface area is 158 Å². The van der Waals surface area contributed by atoms with E-state index in [2.05, 4.69) is 9.82 Å². The summed E-state index contributed by atoms with van der Waals surface area (Å²) < 4.78 is 29.7. The van der Waals surface area contributed by atoms with Crippen LogP contribution in [0.15, 0.2) is 53.4 Å². The minimum Gasteiger partial charge on any atom is -0.276 e. The molecular weight excluding hydrogens is 370 g/mol. The highest BCUT2D eigenvalue weighted by atomic mass is 35.5. The predicted molar refractivity (Wildman–Crippen MR) is 104 cm³/mol. The van der Waals surface area contributed by atoms with Crippen LogP contribution < -0.4 is 4.72 Å². The highest BCUT2D eigenvalue weighted by Crippen LogP contribution is 2.24. The Bertz CT molecular complexity index is 1020. The number of rotatable bonds is 5. The maximum atomic E-state index is 12.6. The largest absolute Gasteiger partial charge is 0.276 e. The molecule has 0 aliphatic heterocycles. The molecule has 0 saturated heterocycles. The molecule has 0 aliphatic carbocycles. The van der Waals surface area contributed by atoms with Crippen LogP contribution in [0.1, 0.15) is 22.5 Å². The zero-order valence-corrected chi connectivity index (χ0v) is 16.4. The third-order valence-electron chi connectivity index (χ3n) is 4.19. The van der Waals surface area contributed by atoms with Gasteiger partial charge in [0.2, 0.25) is 0 Å². The Hall–Kier alpha value is -2.31. The van der Waals surface area contributed by atoms with Crippen molar-refractivity contribution < 1.29 is 8.42 Å². The van der Waals surface area contributed by atoms with E-state index in [-0.39, 0.29) is 4.90 Å². The van der Waals surface area contributed by atoms with Gasteiger partial charge in [0.1, 0.15) is 0 Å². The zero-order chi connectivity index (χ0) is 18.9. The summed E-state index contributed by atoms with van der Waals surface area (Å²) in [6.07, 6.45) is 0. The van der Waals surface area contributed by atoms with Crippen LogP contribution >= 0.6 is 11.6 Å². The summed E-state index contributed by atoms with van der Waals surface area (Å²) in [4.78, 5) is 0.159. The number of sulfonamides is 1. The van der Waals surface area contributed by atoms with Crippen molar-refractivity contribution in [2.24, 2.45) is 0 Å². The molecule has 0 atom stereocenters. The fourth-order valence-corrected chi connectivity index (χ4v) is 3.97. The average Bonchev–Trinajstić information content (AvgIpc) is 2.84. The lowest BCUT2D eigenvalue weighted by atomic mass is 10.1. The first-order chi connectivity index (χ1) is 12.3. The number of halogens is 1. The summed E-state index contributed by atoms with van der Waals surface area (Å²) in [5.41, 5.74) is 4.20. The summed E-state index contributed by atoms with van der Waals surface area (Å²) >= 11 is 5.83. The van der Waals surface area contributed by atoms with E-state index in [4.69, 9.17) is 11.6 Å². The maximum absolute atomic E-state index is 12.6. The number of aryl methyl sites for hydroxylation is 2. The fraction of sp³-hybridized carbons (Fsp3) is 0.211. The number of benzene rings is 2. The standard InChI is InChI=1S/C19H20ClN3O2S/c1-13-4-6-16(7-5-13)12-23-15(3)19(14(2)21-23)22-26(24,25)18-10-8-17(20)9-11-18/h4-11,22H,12H2,1-3H3. The minimum absolute atomic E-state index is 0.159. The van der Waals surface area contributed by atoms with Crippen molar-refractivity contribution in [1.82, 2.24) is 9.78 Å². The molecule has 0 unspecified atom stereocenters. The zero-order valence-electron chi connectivity index (χ0n) is 14.8. The molecule has 3 rings (SSSR count). The molecule has 136 valence electrons. The normalized spacial score (nSPS) is 11.5. The van der Waals surface area contributed by atoms with Crippen molar-refractivity contribution in [2.45, 2.75) is 32.2 Å². The molecule has 0 bridgehead atoms. The van der Waals surface area contributed by atoms with Crippen LogP contribution in [0.5, 0.6) is 0 Å². The molecule has 0 fully saturated rings. The van der Waals surface area contributed by atoms with Gasteiger partial charge in [-0.25, -0.2) is 8.42 Å². The number of nitrogens with one attached hydrogen (secondary N) is 1. The van der Waals surface area contributed by atoms with Crippen LogP contribution in [0.4, 0.5) is 5.69 Å². The van der Waals surface area contributed by atoms with E-state index in [1.807, 2.05) is 38.1 Å². The highest BCUT2D eigenvalue weighted by Gasteiger charge is 2.20.